The molecule has 2 heterocycles. The van der Waals surface area contributed by atoms with Crippen molar-refractivity contribution in [2.24, 2.45) is 16.8 Å². The van der Waals surface area contributed by atoms with Gasteiger partial charge in [0.05, 0.1) is 12.2 Å². The van der Waals surface area contributed by atoms with Gasteiger partial charge in [0.25, 0.3) is 0 Å². The minimum atomic E-state index is 0.297. The zero-order valence-electron chi connectivity index (χ0n) is 17.8. The van der Waals surface area contributed by atoms with Crippen LogP contribution >= 0.6 is 0 Å². The third kappa shape index (κ3) is 4.84. The quantitative estimate of drug-likeness (QED) is 0.687. The van der Waals surface area contributed by atoms with Crippen LogP contribution in [0.5, 0.6) is 0 Å². The van der Waals surface area contributed by atoms with E-state index in [0.29, 0.717) is 24.4 Å². The van der Waals surface area contributed by atoms with Gasteiger partial charge in [0.2, 0.25) is 0 Å². The van der Waals surface area contributed by atoms with Gasteiger partial charge in [-0.1, -0.05) is 38.0 Å². The fourth-order valence-corrected chi connectivity index (χ4v) is 4.11. The molecule has 0 radical (unpaired) electrons. The van der Waals surface area contributed by atoms with Crippen molar-refractivity contribution in [2.45, 2.75) is 40.2 Å². The standard InChI is InChI=1S/C24H34N4/c1-5-27(6-2)18-20-10-8-12-24-23(20)16-22(28(24)7-3)11-9-15-25-21-14-13-19(4)26-17-21/h8,10,12-13,16-17,20-21,23,25H,5-7,14-15,18H2,1-4H3. The molecule has 2 aliphatic heterocycles. The molecule has 0 spiro atoms. The van der Waals surface area contributed by atoms with Crippen LogP contribution in [0.4, 0.5) is 0 Å². The number of nitrogens with zero attached hydrogens (tertiary/aromatic N) is 3. The van der Waals surface area contributed by atoms with Crippen molar-refractivity contribution >= 4 is 6.21 Å². The van der Waals surface area contributed by atoms with Gasteiger partial charge >= 0.3 is 0 Å². The lowest BCUT2D eigenvalue weighted by atomic mass is 9.86. The Labute approximate surface area is 170 Å². The molecule has 0 amide bonds. The highest BCUT2D eigenvalue weighted by Crippen LogP contribution is 2.38. The number of allylic oxidation sites excluding steroid dienone is 5. The Morgan fingerprint density at radius 3 is 2.79 bits per heavy atom. The molecule has 0 saturated heterocycles. The Hall–Kier alpha value is -2.09. The molecule has 0 aromatic rings. The summed E-state index contributed by atoms with van der Waals surface area (Å²) >= 11 is 0. The summed E-state index contributed by atoms with van der Waals surface area (Å²) in [5, 5.41) is 3.46. The van der Waals surface area contributed by atoms with E-state index in [1.165, 1.54) is 5.70 Å². The SMILES string of the molecule is CCN(CC)CC1C=CC=C2C1C=C(C#CCNC1C=NC(C)=CC1)N2CC. The molecule has 0 fully saturated rings. The average molecular weight is 379 g/mol. The van der Waals surface area contributed by atoms with Gasteiger partial charge in [-0.2, -0.15) is 0 Å². The van der Waals surface area contributed by atoms with Crippen LogP contribution in [0.1, 0.15) is 34.1 Å². The van der Waals surface area contributed by atoms with Gasteiger partial charge in [0.1, 0.15) is 0 Å². The van der Waals surface area contributed by atoms with Crippen molar-refractivity contribution in [2.75, 3.05) is 32.7 Å². The smallest absolute Gasteiger partial charge is 0.0888 e. The van der Waals surface area contributed by atoms with E-state index in [4.69, 9.17) is 0 Å². The van der Waals surface area contributed by atoms with Crippen LogP contribution < -0.4 is 5.32 Å². The monoisotopic (exact) mass is 378 g/mol. The molecule has 3 rings (SSSR count). The summed E-state index contributed by atoms with van der Waals surface area (Å²) in [7, 11) is 0. The molecule has 1 aliphatic carbocycles. The van der Waals surface area contributed by atoms with E-state index in [1.807, 2.05) is 13.1 Å². The Bertz CT molecular complexity index is 755. The van der Waals surface area contributed by atoms with Crippen LogP contribution in [-0.2, 0) is 0 Å². The average Bonchev–Trinajstić information content (AvgIpc) is 3.09. The number of hydrogen-bond donors (Lipinski definition) is 1. The van der Waals surface area contributed by atoms with Crippen LogP contribution in [0.15, 0.2) is 52.5 Å². The van der Waals surface area contributed by atoms with Crippen LogP contribution in [0, 0.1) is 23.7 Å². The molecule has 3 unspecified atom stereocenters. The maximum atomic E-state index is 4.38. The Balaban J connectivity index is 1.64. The fraction of sp³-hybridized carbons (Fsp3) is 0.542. The first-order valence-electron chi connectivity index (χ1n) is 10.7. The predicted octanol–water partition coefficient (Wildman–Crippen LogP) is 3.57. The number of nitrogens with one attached hydrogen (secondary N) is 1. The van der Waals surface area contributed by atoms with E-state index in [9.17, 15) is 0 Å². The Morgan fingerprint density at radius 1 is 1.29 bits per heavy atom. The van der Waals surface area contributed by atoms with E-state index in [-0.39, 0.29) is 0 Å². The largest absolute Gasteiger partial charge is 0.338 e. The van der Waals surface area contributed by atoms with E-state index < -0.39 is 0 Å². The second-order valence-corrected chi connectivity index (χ2v) is 7.60. The van der Waals surface area contributed by atoms with Crippen LogP contribution in [-0.4, -0.2) is 54.8 Å². The molecule has 3 aliphatic rings. The summed E-state index contributed by atoms with van der Waals surface area (Å²) in [6.45, 7) is 13.7. The third-order valence-electron chi connectivity index (χ3n) is 5.84. The van der Waals surface area contributed by atoms with Crippen molar-refractivity contribution in [3.8, 4) is 11.8 Å². The topological polar surface area (TPSA) is 30.9 Å². The van der Waals surface area contributed by atoms with Crippen molar-refractivity contribution in [3.05, 3.63) is 47.5 Å². The van der Waals surface area contributed by atoms with Crippen LogP contribution in [0.2, 0.25) is 0 Å². The van der Waals surface area contributed by atoms with Crippen molar-refractivity contribution in [1.29, 1.82) is 0 Å². The lowest BCUT2D eigenvalue weighted by Crippen LogP contribution is -2.33. The Morgan fingerprint density at radius 2 is 2.11 bits per heavy atom. The highest BCUT2D eigenvalue weighted by atomic mass is 15.2. The molecule has 0 aromatic heterocycles. The fourth-order valence-electron chi connectivity index (χ4n) is 4.11. The molecular weight excluding hydrogens is 344 g/mol. The van der Waals surface area contributed by atoms with E-state index in [1.54, 1.807) is 0 Å². The summed E-state index contributed by atoms with van der Waals surface area (Å²) in [6.07, 6.45) is 14.4. The van der Waals surface area contributed by atoms with Gasteiger partial charge in [-0.05, 0) is 51.4 Å². The highest BCUT2D eigenvalue weighted by molar-refractivity contribution is 5.67. The first-order valence-corrected chi connectivity index (χ1v) is 10.7. The number of rotatable bonds is 7. The molecule has 0 saturated carbocycles. The highest BCUT2D eigenvalue weighted by Gasteiger charge is 2.33. The van der Waals surface area contributed by atoms with E-state index in [0.717, 1.165) is 44.0 Å². The molecular formula is C24H34N4. The normalized spacial score (nSPS) is 25.8. The summed E-state index contributed by atoms with van der Waals surface area (Å²) < 4.78 is 0. The second kappa shape index (κ2) is 9.91. The molecule has 1 N–H and O–H groups in total. The zero-order chi connectivity index (χ0) is 19.9. The maximum Gasteiger partial charge on any atom is 0.0888 e. The molecule has 0 bridgehead atoms. The minimum absolute atomic E-state index is 0.297. The summed E-state index contributed by atoms with van der Waals surface area (Å²) in [4.78, 5) is 9.27. The molecule has 4 heteroatoms. The summed E-state index contributed by atoms with van der Waals surface area (Å²) in [5.74, 6) is 7.72. The van der Waals surface area contributed by atoms with E-state index in [2.05, 4.69) is 83.1 Å². The van der Waals surface area contributed by atoms with Crippen LogP contribution in [0.25, 0.3) is 0 Å². The van der Waals surface area contributed by atoms with Crippen molar-refractivity contribution in [3.63, 3.8) is 0 Å². The molecule has 4 nitrogen and oxygen atoms in total. The van der Waals surface area contributed by atoms with Crippen molar-refractivity contribution < 1.29 is 0 Å². The molecule has 28 heavy (non-hydrogen) atoms. The maximum absolute atomic E-state index is 4.38. The van der Waals surface area contributed by atoms with Gasteiger partial charge in [-0.25, -0.2) is 0 Å². The summed E-state index contributed by atoms with van der Waals surface area (Å²) in [6, 6.07) is 0.297. The van der Waals surface area contributed by atoms with Gasteiger partial charge in [0, 0.05) is 48.6 Å². The Kier molecular flexibility index (Phi) is 7.30. The number of hydrogen-bond acceptors (Lipinski definition) is 4. The first-order chi connectivity index (χ1) is 13.7. The van der Waals surface area contributed by atoms with E-state index >= 15 is 0 Å². The molecule has 3 atom stereocenters. The summed E-state index contributed by atoms with van der Waals surface area (Å²) in [5.41, 5.74) is 3.66. The van der Waals surface area contributed by atoms with Gasteiger partial charge in [0.15, 0.2) is 0 Å². The van der Waals surface area contributed by atoms with Crippen molar-refractivity contribution in [1.82, 2.24) is 15.1 Å². The minimum Gasteiger partial charge on any atom is -0.338 e. The third-order valence-corrected chi connectivity index (χ3v) is 5.84. The number of aliphatic imine (C=N–C) groups is 1. The molecule has 0 aromatic carbocycles. The van der Waals surface area contributed by atoms with Gasteiger partial charge in [-0.15, -0.1) is 0 Å². The predicted molar refractivity (Wildman–Crippen MR) is 119 cm³/mol. The molecule has 150 valence electrons. The lowest BCUT2D eigenvalue weighted by molar-refractivity contribution is 0.251. The first kappa shape index (κ1) is 20.6. The zero-order valence-corrected chi connectivity index (χ0v) is 17.8. The van der Waals surface area contributed by atoms with Gasteiger partial charge in [-0.3, -0.25) is 10.3 Å². The van der Waals surface area contributed by atoms with Crippen LogP contribution in [0.3, 0.4) is 0 Å². The second-order valence-electron chi connectivity index (χ2n) is 7.60. The number of fused-ring (bicyclic) bond motifs is 1. The van der Waals surface area contributed by atoms with Gasteiger partial charge < -0.3 is 9.80 Å². The lowest BCUT2D eigenvalue weighted by Gasteiger charge is -2.31.